The van der Waals surface area contributed by atoms with E-state index in [0.717, 1.165) is 6.61 Å². The molecule has 1 atom stereocenters. The predicted molar refractivity (Wildman–Crippen MR) is 69.2 cm³/mol. The van der Waals surface area contributed by atoms with Gasteiger partial charge in [0.25, 0.3) is 0 Å². The fourth-order valence-corrected chi connectivity index (χ4v) is 2.45. The summed E-state index contributed by atoms with van der Waals surface area (Å²) in [5.74, 6) is 0. The minimum absolute atomic E-state index is 0.301. The Morgan fingerprint density at radius 1 is 1.28 bits per heavy atom. The van der Waals surface area contributed by atoms with Gasteiger partial charge in [-0.15, -0.1) is 0 Å². The third kappa shape index (κ3) is 1.95. The first-order chi connectivity index (χ1) is 8.75. The van der Waals surface area contributed by atoms with E-state index >= 15 is 0 Å². The van der Waals surface area contributed by atoms with Crippen molar-refractivity contribution >= 4 is 0 Å². The second kappa shape index (κ2) is 4.58. The summed E-state index contributed by atoms with van der Waals surface area (Å²) in [6, 6.07) is 11.4. The largest absolute Gasteiger partial charge is 0.368 e. The van der Waals surface area contributed by atoms with Crippen LogP contribution in [0.25, 0.3) is 0 Å². The van der Waals surface area contributed by atoms with Crippen LogP contribution < -0.4 is 4.57 Å². The highest BCUT2D eigenvalue weighted by Gasteiger charge is 2.29. The maximum Gasteiger partial charge on any atom is 0.244 e. The van der Waals surface area contributed by atoms with Crippen LogP contribution in [0.2, 0.25) is 0 Å². The van der Waals surface area contributed by atoms with Gasteiger partial charge < -0.3 is 4.74 Å². The lowest BCUT2D eigenvalue weighted by Crippen LogP contribution is -2.33. The van der Waals surface area contributed by atoms with Crippen molar-refractivity contribution in [3.8, 4) is 0 Å². The monoisotopic (exact) mass is 243 g/mol. The number of hydrogen-bond acceptors (Lipinski definition) is 1. The molecule has 0 amide bonds. The van der Waals surface area contributed by atoms with E-state index < -0.39 is 0 Å². The number of rotatable bonds is 2. The van der Waals surface area contributed by atoms with Gasteiger partial charge in [-0.05, 0) is 19.4 Å². The smallest absolute Gasteiger partial charge is 0.244 e. The molecule has 0 aliphatic carbocycles. The minimum atomic E-state index is 0.301. The van der Waals surface area contributed by atoms with Gasteiger partial charge in [0, 0.05) is 0 Å². The molecular weight excluding hydrogens is 224 g/mol. The number of hydrogen-bond donors (Lipinski definition) is 0. The van der Waals surface area contributed by atoms with Gasteiger partial charge in [0.15, 0.2) is 5.69 Å². The molecule has 0 fully saturated rings. The van der Waals surface area contributed by atoms with E-state index in [4.69, 9.17) is 4.74 Å². The summed E-state index contributed by atoms with van der Waals surface area (Å²) in [5.41, 5.74) is 2.56. The van der Waals surface area contributed by atoms with Crippen LogP contribution in [0.1, 0.15) is 37.2 Å². The van der Waals surface area contributed by atoms with E-state index in [2.05, 4.69) is 65.8 Å². The SMILES string of the molecule is CC(C)[n+]1cc2n(c1)[C@H](c1ccccc1)COC2. The molecule has 18 heavy (non-hydrogen) atoms. The second-order valence-electron chi connectivity index (χ2n) is 5.13. The molecule has 3 nitrogen and oxygen atoms in total. The third-order valence-electron chi connectivity index (χ3n) is 3.53. The fourth-order valence-electron chi connectivity index (χ4n) is 2.45. The number of nitrogens with zero attached hydrogens (tertiary/aromatic N) is 2. The average molecular weight is 243 g/mol. The lowest BCUT2D eigenvalue weighted by atomic mass is 10.1. The zero-order valence-corrected chi connectivity index (χ0v) is 10.9. The lowest BCUT2D eigenvalue weighted by molar-refractivity contribution is -0.715. The van der Waals surface area contributed by atoms with Gasteiger partial charge in [-0.1, -0.05) is 30.3 Å². The fraction of sp³-hybridized carbons (Fsp3) is 0.400. The van der Waals surface area contributed by atoms with Crippen molar-refractivity contribution in [2.45, 2.75) is 32.5 Å². The summed E-state index contributed by atoms with van der Waals surface area (Å²) in [6.45, 7) is 5.86. The zero-order valence-electron chi connectivity index (χ0n) is 10.9. The quantitative estimate of drug-likeness (QED) is 0.741. The molecule has 1 aliphatic heterocycles. The molecule has 3 heteroatoms. The van der Waals surface area contributed by atoms with Crippen molar-refractivity contribution in [3.05, 3.63) is 54.1 Å². The third-order valence-corrected chi connectivity index (χ3v) is 3.53. The highest BCUT2D eigenvalue weighted by atomic mass is 16.5. The molecule has 3 rings (SSSR count). The number of benzene rings is 1. The Balaban J connectivity index is 2.01. The molecule has 0 unspecified atom stereocenters. The number of fused-ring (bicyclic) bond motifs is 1. The van der Waals surface area contributed by atoms with Crippen molar-refractivity contribution in [3.63, 3.8) is 0 Å². The van der Waals surface area contributed by atoms with Crippen LogP contribution in [-0.2, 0) is 11.3 Å². The molecule has 94 valence electrons. The van der Waals surface area contributed by atoms with E-state index in [9.17, 15) is 0 Å². The minimum Gasteiger partial charge on any atom is -0.368 e. The van der Waals surface area contributed by atoms with Crippen molar-refractivity contribution < 1.29 is 9.30 Å². The molecule has 1 aromatic carbocycles. The van der Waals surface area contributed by atoms with Crippen LogP contribution in [-0.4, -0.2) is 11.2 Å². The summed E-state index contributed by atoms with van der Waals surface area (Å²) in [4.78, 5) is 0. The van der Waals surface area contributed by atoms with Crippen molar-refractivity contribution in [1.82, 2.24) is 4.57 Å². The van der Waals surface area contributed by atoms with Crippen molar-refractivity contribution in [1.29, 1.82) is 0 Å². The van der Waals surface area contributed by atoms with Crippen molar-refractivity contribution in [2.24, 2.45) is 0 Å². The Kier molecular flexibility index (Phi) is 2.92. The predicted octanol–water partition coefficient (Wildman–Crippen LogP) is 2.48. The molecule has 0 saturated carbocycles. The average Bonchev–Trinajstić information content (AvgIpc) is 2.83. The highest BCUT2D eigenvalue weighted by Crippen LogP contribution is 2.24. The van der Waals surface area contributed by atoms with Gasteiger partial charge in [0.1, 0.15) is 18.8 Å². The van der Waals surface area contributed by atoms with Crippen LogP contribution >= 0.6 is 0 Å². The van der Waals surface area contributed by atoms with Crippen LogP contribution in [0, 0.1) is 0 Å². The maximum atomic E-state index is 5.72. The summed E-state index contributed by atoms with van der Waals surface area (Å²) in [6.07, 6.45) is 4.40. The lowest BCUT2D eigenvalue weighted by Gasteiger charge is -2.20. The van der Waals surface area contributed by atoms with E-state index in [1.165, 1.54) is 11.3 Å². The molecule has 0 N–H and O–H groups in total. The number of aromatic nitrogens is 2. The summed E-state index contributed by atoms with van der Waals surface area (Å²) in [5, 5.41) is 0. The second-order valence-corrected chi connectivity index (χ2v) is 5.13. The Labute approximate surface area is 108 Å². The Morgan fingerprint density at radius 2 is 2.06 bits per heavy atom. The van der Waals surface area contributed by atoms with Gasteiger partial charge in [-0.25, -0.2) is 9.13 Å². The normalized spacial score (nSPS) is 18.9. The molecule has 1 aliphatic rings. The molecular formula is C15H19N2O+. The standard InChI is InChI=1S/C15H19N2O/c1-12(2)16-8-14-9-18-10-15(17(14)11-16)13-6-4-3-5-7-13/h3-8,11-12,15H,9-10H2,1-2H3/q+1/t15-/m0/s1. The van der Waals surface area contributed by atoms with Gasteiger partial charge in [-0.3, -0.25) is 0 Å². The first kappa shape index (κ1) is 11.5. The van der Waals surface area contributed by atoms with E-state index in [1.54, 1.807) is 0 Å². The van der Waals surface area contributed by atoms with Gasteiger partial charge in [0.2, 0.25) is 6.33 Å². The Hall–Kier alpha value is -1.61. The van der Waals surface area contributed by atoms with E-state index in [1.807, 2.05) is 0 Å². The van der Waals surface area contributed by atoms with Crippen LogP contribution in [0.4, 0.5) is 0 Å². The Morgan fingerprint density at radius 3 is 2.78 bits per heavy atom. The van der Waals surface area contributed by atoms with E-state index in [-0.39, 0.29) is 0 Å². The molecule has 0 saturated heterocycles. The summed E-state index contributed by atoms with van der Waals surface area (Å²) < 4.78 is 10.3. The zero-order chi connectivity index (χ0) is 12.5. The topological polar surface area (TPSA) is 18.0 Å². The molecule has 0 bridgehead atoms. The molecule has 1 aromatic heterocycles. The maximum absolute atomic E-state index is 5.72. The molecule has 0 radical (unpaired) electrons. The molecule has 2 heterocycles. The number of ether oxygens (including phenoxy) is 1. The molecule has 0 spiro atoms. The first-order valence-electron chi connectivity index (χ1n) is 6.50. The summed E-state index contributed by atoms with van der Waals surface area (Å²) in [7, 11) is 0. The Bertz CT molecular complexity index is 531. The van der Waals surface area contributed by atoms with Crippen LogP contribution in [0.5, 0.6) is 0 Å². The number of imidazole rings is 1. The van der Waals surface area contributed by atoms with E-state index in [0.29, 0.717) is 18.7 Å². The van der Waals surface area contributed by atoms with Crippen LogP contribution in [0.15, 0.2) is 42.9 Å². The molecule has 2 aromatic rings. The van der Waals surface area contributed by atoms with Gasteiger partial charge >= 0.3 is 0 Å². The van der Waals surface area contributed by atoms with Gasteiger partial charge in [-0.2, -0.15) is 0 Å². The van der Waals surface area contributed by atoms with Gasteiger partial charge in [0.05, 0.1) is 12.6 Å². The van der Waals surface area contributed by atoms with Crippen LogP contribution in [0.3, 0.4) is 0 Å². The van der Waals surface area contributed by atoms with Crippen molar-refractivity contribution in [2.75, 3.05) is 6.61 Å². The summed E-state index contributed by atoms with van der Waals surface area (Å²) >= 11 is 0. The highest BCUT2D eigenvalue weighted by molar-refractivity contribution is 5.21. The first-order valence-corrected chi connectivity index (χ1v) is 6.50.